The Bertz CT molecular complexity index is 1330. The fraction of sp³-hybridized carbons (Fsp3) is 0.227. The first-order valence-corrected chi connectivity index (χ1v) is 10.1. The third-order valence-corrected chi connectivity index (χ3v) is 5.06. The number of hydrogen-bond donors (Lipinski definition) is 2. The third kappa shape index (κ3) is 4.53. The number of ether oxygens (including phenoxy) is 1. The lowest BCUT2D eigenvalue weighted by molar-refractivity contribution is 0.0740. The first kappa shape index (κ1) is 22.0. The fourth-order valence-corrected chi connectivity index (χ4v) is 3.32. The minimum atomic E-state index is -0.476. The molecule has 0 aliphatic carbocycles. The van der Waals surface area contributed by atoms with E-state index in [0.29, 0.717) is 35.9 Å². The fourth-order valence-electron chi connectivity index (χ4n) is 3.32. The molecular formula is C22H23N7O4. The zero-order chi connectivity index (χ0) is 23.5. The predicted molar refractivity (Wildman–Crippen MR) is 120 cm³/mol. The molecule has 0 aliphatic heterocycles. The summed E-state index contributed by atoms with van der Waals surface area (Å²) in [5, 5.41) is 21.0. The summed E-state index contributed by atoms with van der Waals surface area (Å²) >= 11 is 0. The molecule has 33 heavy (non-hydrogen) atoms. The highest BCUT2D eigenvalue weighted by molar-refractivity contribution is 6.11. The summed E-state index contributed by atoms with van der Waals surface area (Å²) < 4.78 is 7.94. The van der Waals surface area contributed by atoms with Gasteiger partial charge in [0.05, 0.1) is 18.4 Å². The number of aryl methyl sites for hydroxylation is 1. The number of phenols is 1. The number of phenolic OH excluding ortho intramolecular Hbond substituents is 1. The van der Waals surface area contributed by atoms with E-state index in [1.807, 2.05) is 0 Å². The summed E-state index contributed by atoms with van der Waals surface area (Å²) in [4.78, 5) is 31.7. The number of pyridine rings is 1. The highest BCUT2D eigenvalue weighted by Crippen LogP contribution is 2.22. The second-order valence-electron chi connectivity index (χ2n) is 7.41. The SMILES string of the molecule is COCCN(C)C(=O)c1cnn(C)c1C(=O)Nc1ccn2nc(-c3cccc(O)c3)nc2c1. The van der Waals surface area contributed by atoms with E-state index >= 15 is 0 Å². The van der Waals surface area contributed by atoms with Crippen molar-refractivity contribution in [2.75, 3.05) is 32.6 Å². The van der Waals surface area contributed by atoms with E-state index in [4.69, 9.17) is 4.74 Å². The molecule has 0 unspecified atom stereocenters. The van der Waals surface area contributed by atoms with Crippen LogP contribution in [0.3, 0.4) is 0 Å². The van der Waals surface area contributed by atoms with Crippen molar-refractivity contribution in [3.63, 3.8) is 0 Å². The Morgan fingerprint density at radius 2 is 2.06 bits per heavy atom. The van der Waals surface area contributed by atoms with Gasteiger partial charge in [-0.3, -0.25) is 14.3 Å². The standard InChI is InChI=1S/C22H23N7O4/c1-27(9-10-33-3)22(32)17-13-23-28(2)19(17)21(31)24-15-7-8-29-18(12-15)25-20(26-29)14-5-4-6-16(30)11-14/h4-8,11-13,30H,9-10H2,1-3H3,(H,24,31). The number of hydrogen-bond acceptors (Lipinski definition) is 7. The number of carbonyl (C=O) groups excluding carboxylic acids is 2. The molecule has 1 aromatic carbocycles. The average molecular weight is 449 g/mol. The van der Waals surface area contributed by atoms with Gasteiger partial charge in [0.1, 0.15) is 11.4 Å². The molecule has 0 radical (unpaired) electrons. The summed E-state index contributed by atoms with van der Waals surface area (Å²) in [6.07, 6.45) is 3.04. The maximum absolute atomic E-state index is 13.0. The highest BCUT2D eigenvalue weighted by Gasteiger charge is 2.24. The second kappa shape index (κ2) is 9.09. The summed E-state index contributed by atoms with van der Waals surface area (Å²) in [6, 6.07) is 9.99. The van der Waals surface area contributed by atoms with Crippen molar-refractivity contribution in [1.29, 1.82) is 0 Å². The van der Waals surface area contributed by atoms with Crippen molar-refractivity contribution in [2.45, 2.75) is 0 Å². The Hall–Kier alpha value is -4.25. The lowest BCUT2D eigenvalue weighted by Crippen LogP contribution is -2.31. The quantitative estimate of drug-likeness (QED) is 0.440. The van der Waals surface area contributed by atoms with Crippen LogP contribution < -0.4 is 5.32 Å². The number of aromatic nitrogens is 5. The number of aromatic hydroxyl groups is 1. The summed E-state index contributed by atoms with van der Waals surface area (Å²) in [6.45, 7) is 0.767. The Morgan fingerprint density at radius 1 is 1.24 bits per heavy atom. The highest BCUT2D eigenvalue weighted by atomic mass is 16.5. The largest absolute Gasteiger partial charge is 0.508 e. The van der Waals surface area contributed by atoms with Gasteiger partial charge in [-0.2, -0.15) is 5.10 Å². The van der Waals surface area contributed by atoms with Gasteiger partial charge in [-0.05, 0) is 18.2 Å². The van der Waals surface area contributed by atoms with Crippen LogP contribution in [-0.2, 0) is 11.8 Å². The van der Waals surface area contributed by atoms with Gasteiger partial charge in [-0.1, -0.05) is 12.1 Å². The molecule has 0 fully saturated rings. The number of nitrogens with one attached hydrogen (secondary N) is 1. The molecule has 0 saturated heterocycles. The molecule has 3 aromatic heterocycles. The molecular weight excluding hydrogens is 426 g/mol. The Morgan fingerprint density at radius 3 is 2.82 bits per heavy atom. The van der Waals surface area contributed by atoms with E-state index in [2.05, 4.69) is 20.5 Å². The number of methoxy groups -OCH3 is 1. The minimum absolute atomic E-state index is 0.119. The average Bonchev–Trinajstić information content (AvgIpc) is 3.40. The molecule has 4 rings (SSSR count). The van der Waals surface area contributed by atoms with Gasteiger partial charge >= 0.3 is 0 Å². The molecule has 0 atom stereocenters. The van der Waals surface area contributed by atoms with Crippen LogP contribution in [0.4, 0.5) is 5.69 Å². The maximum Gasteiger partial charge on any atom is 0.274 e. The zero-order valence-electron chi connectivity index (χ0n) is 18.4. The lowest BCUT2D eigenvalue weighted by atomic mass is 10.2. The molecule has 0 bridgehead atoms. The van der Waals surface area contributed by atoms with Crippen LogP contribution in [0.15, 0.2) is 48.8 Å². The smallest absolute Gasteiger partial charge is 0.274 e. The van der Waals surface area contributed by atoms with Gasteiger partial charge in [0.2, 0.25) is 0 Å². The van der Waals surface area contributed by atoms with Crippen molar-refractivity contribution in [3.05, 3.63) is 60.0 Å². The van der Waals surface area contributed by atoms with Gasteiger partial charge in [-0.15, -0.1) is 5.10 Å². The van der Waals surface area contributed by atoms with Crippen LogP contribution in [0.25, 0.3) is 17.0 Å². The monoisotopic (exact) mass is 449 g/mol. The summed E-state index contributed by atoms with van der Waals surface area (Å²) in [5.41, 5.74) is 2.00. The van der Waals surface area contributed by atoms with Crippen LogP contribution in [0.5, 0.6) is 5.75 Å². The first-order valence-electron chi connectivity index (χ1n) is 10.1. The van der Waals surface area contributed by atoms with E-state index < -0.39 is 5.91 Å². The van der Waals surface area contributed by atoms with Gasteiger partial charge in [0.15, 0.2) is 11.5 Å². The molecule has 2 amide bonds. The van der Waals surface area contributed by atoms with Crippen molar-refractivity contribution >= 4 is 23.1 Å². The Labute approximate surface area is 189 Å². The number of benzene rings is 1. The zero-order valence-corrected chi connectivity index (χ0v) is 18.4. The van der Waals surface area contributed by atoms with Crippen LogP contribution in [0.2, 0.25) is 0 Å². The number of amides is 2. The number of anilines is 1. The van der Waals surface area contributed by atoms with E-state index in [9.17, 15) is 14.7 Å². The maximum atomic E-state index is 13.0. The lowest BCUT2D eigenvalue weighted by Gasteiger charge is -2.16. The summed E-state index contributed by atoms with van der Waals surface area (Å²) in [7, 11) is 4.80. The van der Waals surface area contributed by atoms with Crippen LogP contribution in [0.1, 0.15) is 20.8 Å². The second-order valence-corrected chi connectivity index (χ2v) is 7.41. The van der Waals surface area contributed by atoms with E-state index in [-0.39, 0.29) is 22.9 Å². The number of nitrogens with zero attached hydrogens (tertiary/aromatic N) is 6. The minimum Gasteiger partial charge on any atom is -0.508 e. The third-order valence-electron chi connectivity index (χ3n) is 5.06. The van der Waals surface area contributed by atoms with Gasteiger partial charge in [0, 0.05) is 51.3 Å². The van der Waals surface area contributed by atoms with E-state index in [1.54, 1.807) is 68.3 Å². The molecule has 11 heteroatoms. The number of likely N-dealkylation sites (N-methyl/N-ethyl adjacent to an activating group) is 1. The van der Waals surface area contributed by atoms with Gasteiger partial charge in [0.25, 0.3) is 11.8 Å². The molecule has 170 valence electrons. The number of carbonyl (C=O) groups is 2. The Balaban J connectivity index is 1.57. The normalized spacial score (nSPS) is 11.0. The van der Waals surface area contributed by atoms with Crippen LogP contribution in [0, 0.1) is 0 Å². The van der Waals surface area contributed by atoms with Crippen molar-refractivity contribution in [1.82, 2.24) is 29.3 Å². The van der Waals surface area contributed by atoms with Crippen LogP contribution in [-0.4, -0.2) is 73.5 Å². The summed E-state index contributed by atoms with van der Waals surface area (Å²) in [5.74, 6) is -0.244. The van der Waals surface area contributed by atoms with Gasteiger partial charge in [-0.25, -0.2) is 9.50 Å². The van der Waals surface area contributed by atoms with Crippen LogP contribution >= 0.6 is 0 Å². The van der Waals surface area contributed by atoms with E-state index in [0.717, 1.165) is 0 Å². The molecule has 0 aliphatic rings. The molecule has 2 N–H and O–H groups in total. The molecule has 11 nitrogen and oxygen atoms in total. The number of fused-ring (bicyclic) bond motifs is 1. The topological polar surface area (TPSA) is 127 Å². The van der Waals surface area contributed by atoms with Crippen molar-refractivity contribution in [3.8, 4) is 17.1 Å². The van der Waals surface area contributed by atoms with Gasteiger partial charge < -0.3 is 20.1 Å². The van der Waals surface area contributed by atoms with Crippen molar-refractivity contribution in [2.24, 2.45) is 7.05 Å². The van der Waals surface area contributed by atoms with E-state index in [1.165, 1.54) is 15.8 Å². The predicted octanol–water partition coefficient (Wildman–Crippen LogP) is 1.81. The number of rotatable bonds is 7. The Kier molecular flexibility index (Phi) is 6.05. The first-order chi connectivity index (χ1) is 15.9. The molecule has 0 saturated carbocycles. The van der Waals surface area contributed by atoms with Crippen molar-refractivity contribution < 1.29 is 19.4 Å². The molecule has 0 spiro atoms. The molecule has 4 aromatic rings. The molecule has 3 heterocycles.